The minimum atomic E-state index is -1.33. The second-order valence-corrected chi connectivity index (χ2v) is 10.2. The number of phenols is 1. The van der Waals surface area contributed by atoms with Gasteiger partial charge >= 0.3 is 0 Å². The van der Waals surface area contributed by atoms with Crippen molar-refractivity contribution in [3.63, 3.8) is 0 Å². The van der Waals surface area contributed by atoms with Gasteiger partial charge in [-0.15, -0.1) is 0 Å². The van der Waals surface area contributed by atoms with Crippen LogP contribution in [0, 0.1) is 23.6 Å². The third-order valence-electron chi connectivity index (χ3n) is 8.38. The number of carbonyl (C=O) groups excluding carboxylic acids is 3. The Bertz CT molecular complexity index is 1250. The lowest BCUT2D eigenvalue weighted by atomic mass is 9.59. The Hall–Kier alpha value is -3.24. The number of fused-ring (bicyclic) bond motifs is 3. The van der Waals surface area contributed by atoms with E-state index < -0.39 is 64.2 Å². The molecule has 6 N–H and O–H groups in total. The van der Waals surface area contributed by atoms with Crippen LogP contribution in [0.1, 0.15) is 48.9 Å². The van der Waals surface area contributed by atoms with Crippen LogP contribution in [0.4, 0.5) is 4.39 Å². The maximum absolute atomic E-state index is 15.7. The molecule has 9 nitrogen and oxygen atoms in total. The molecule has 0 spiro atoms. The van der Waals surface area contributed by atoms with Gasteiger partial charge in [-0.25, -0.2) is 4.39 Å². The first kappa shape index (κ1) is 24.5. The van der Waals surface area contributed by atoms with E-state index >= 15 is 4.39 Å². The average molecular weight is 500 g/mol. The maximum Gasteiger partial charge on any atom is 0.255 e. The molecule has 36 heavy (non-hydrogen) atoms. The normalized spacial score (nSPS) is 29.9. The number of aromatic hydroxyl groups is 1. The van der Waals surface area contributed by atoms with E-state index in [4.69, 9.17) is 5.73 Å². The molecule has 4 aliphatic rings. The van der Waals surface area contributed by atoms with Crippen LogP contribution in [0.3, 0.4) is 0 Å². The molecule has 0 radical (unpaired) electrons. The third kappa shape index (κ3) is 3.38. The van der Waals surface area contributed by atoms with Crippen LogP contribution in [-0.2, 0) is 20.8 Å². The number of nitrogens with zero attached hydrogens (tertiary/aromatic N) is 1. The number of primary amides is 1. The first-order valence-electron chi connectivity index (χ1n) is 12.3. The largest absolute Gasteiger partial charge is 0.510 e. The number of allylic oxidation sites excluding steroid dienone is 1. The molecule has 0 bridgehead atoms. The van der Waals surface area contributed by atoms with Crippen LogP contribution in [-0.4, -0.2) is 63.9 Å². The zero-order valence-electron chi connectivity index (χ0n) is 20.2. The fourth-order valence-corrected chi connectivity index (χ4v) is 6.64. The summed E-state index contributed by atoms with van der Waals surface area (Å²) in [5.74, 6) is -7.20. The van der Waals surface area contributed by atoms with E-state index in [1.807, 2.05) is 6.92 Å². The molecule has 192 valence electrons. The fourth-order valence-electron chi connectivity index (χ4n) is 6.64. The number of ketones is 2. The summed E-state index contributed by atoms with van der Waals surface area (Å²) < 4.78 is 15.7. The number of halogens is 1. The minimum absolute atomic E-state index is 0.0491. The second kappa shape index (κ2) is 8.70. The van der Waals surface area contributed by atoms with Crippen LogP contribution in [0.5, 0.6) is 5.75 Å². The van der Waals surface area contributed by atoms with Gasteiger partial charge in [0.1, 0.15) is 28.7 Å². The van der Waals surface area contributed by atoms with E-state index in [1.165, 1.54) is 6.07 Å². The van der Waals surface area contributed by atoms with Crippen molar-refractivity contribution in [2.45, 2.75) is 44.7 Å². The highest BCUT2D eigenvalue weighted by molar-refractivity contribution is 6.28. The summed E-state index contributed by atoms with van der Waals surface area (Å²) in [6.45, 7) is 3.02. The highest BCUT2D eigenvalue weighted by Crippen LogP contribution is 2.51. The Morgan fingerprint density at radius 2 is 1.97 bits per heavy atom. The predicted octanol–water partition coefficient (Wildman–Crippen LogP) is 1.80. The fraction of sp³-hybridized carbons (Fsp3) is 0.500. The number of aliphatic hydroxyl groups is 2. The molecule has 1 saturated heterocycles. The van der Waals surface area contributed by atoms with Gasteiger partial charge in [-0.3, -0.25) is 19.3 Å². The number of Topliss-reactive ketones (excluding diaryl/α,β-unsaturated/α-hetero) is 2. The van der Waals surface area contributed by atoms with Crippen LogP contribution in [0.2, 0.25) is 0 Å². The molecule has 1 unspecified atom stereocenters. The van der Waals surface area contributed by atoms with E-state index in [-0.39, 0.29) is 41.3 Å². The number of phenolic OH excluding ortho intramolecular Hbond substituents is 1. The molecule has 2 fully saturated rings. The summed E-state index contributed by atoms with van der Waals surface area (Å²) in [4.78, 5) is 40.8. The van der Waals surface area contributed by atoms with Gasteiger partial charge in [0.2, 0.25) is 0 Å². The lowest BCUT2D eigenvalue weighted by molar-refractivity contribution is -0.137. The van der Waals surface area contributed by atoms with Gasteiger partial charge in [0, 0.05) is 22.7 Å². The Balaban J connectivity index is 1.64. The number of amides is 1. The highest BCUT2D eigenvalue weighted by Gasteiger charge is 2.56. The lowest BCUT2D eigenvalue weighted by Crippen LogP contribution is -2.56. The van der Waals surface area contributed by atoms with Gasteiger partial charge in [0.05, 0.1) is 17.5 Å². The van der Waals surface area contributed by atoms with E-state index in [9.17, 15) is 29.7 Å². The molecule has 1 saturated carbocycles. The van der Waals surface area contributed by atoms with Gasteiger partial charge in [0.25, 0.3) is 5.91 Å². The number of rotatable bonds is 4. The van der Waals surface area contributed by atoms with Crippen molar-refractivity contribution in [2.75, 3.05) is 20.1 Å². The van der Waals surface area contributed by atoms with Gasteiger partial charge in [-0.1, -0.05) is 6.92 Å². The zero-order valence-corrected chi connectivity index (χ0v) is 20.2. The average Bonchev–Trinajstić information content (AvgIpc) is 3.35. The predicted molar refractivity (Wildman–Crippen MR) is 127 cm³/mol. The molecule has 3 aliphatic carbocycles. The van der Waals surface area contributed by atoms with Gasteiger partial charge < -0.3 is 26.4 Å². The number of carbonyl (C=O) groups is 3. The van der Waals surface area contributed by atoms with Crippen LogP contribution < -0.4 is 11.1 Å². The van der Waals surface area contributed by atoms with Crippen molar-refractivity contribution in [3.8, 4) is 5.75 Å². The number of benzene rings is 1. The summed E-state index contributed by atoms with van der Waals surface area (Å²) in [6, 6.07) is 0.217. The topological polar surface area (TPSA) is 153 Å². The Morgan fingerprint density at radius 1 is 1.25 bits per heavy atom. The Morgan fingerprint density at radius 3 is 2.58 bits per heavy atom. The molecule has 1 aromatic carbocycles. The quantitative estimate of drug-likeness (QED) is 0.311. The lowest BCUT2D eigenvalue weighted by Gasteiger charge is -2.46. The number of hydrogen-bond acceptors (Lipinski definition) is 8. The third-order valence-corrected chi connectivity index (χ3v) is 8.38. The van der Waals surface area contributed by atoms with E-state index in [2.05, 4.69) is 5.32 Å². The van der Waals surface area contributed by atoms with Crippen LogP contribution in [0.15, 0.2) is 23.0 Å². The van der Waals surface area contributed by atoms with Crippen molar-refractivity contribution in [1.29, 1.82) is 0 Å². The summed E-state index contributed by atoms with van der Waals surface area (Å²) in [5.41, 5.74) is 5.06. The first-order valence-corrected chi connectivity index (χ1v) is 12.3. The summed E-state index contributed by atoms with van der Waals surface area (Å²) in [7, 11) is 1.70. The van der Waals surface area contributed by atoms with Crippen molar-refractivity contribution >= 4 is 23.2 Å². The van der Waals surface area contributed by atoms with E-state index in [0.717, 1.165) is 19.4 Å². The van der Waals surface area contributed by atoms with Gasteiger partial charge in [0.15, 0.2) is 11.6 Å². The standard InChI is InChI=1S/C26H30FN3O6/c1-3-30(2)21-13-8-10-7-12-17(15(31)9-11(20(12)27)14-5-4-6-29-14)22(32)16(10)23(33)18(13)24(34)19(25(21)35)26(28)36/h9-10,13-14,18,21,29,31-32,35H,3-8H2,1-2H3,(H2,28,36)/t10-,13+,14?,18+,21-/m0/s1. The molecular weight excluding hydrogens is 469 g/mol. The Kier molecular flexibility index (Phi) is 5.91. The smallest absolute Gasteiger partial charge is 0.255 e. The second-order valence-electron chi connectivity index (χ2n) is 10.2. The monoisotopic (exact) mass is 499 g/mol. The van der Waals surface area contributed by atoms with E-state index in [1.54, 1.807) is 11.9 Å². The zero-order chi connectivity index (χ0) is 26.0. The molecule has 1 heterocycles. The molecule has 5 rings (SSSR count). The molecular formula is C26H30FN3O6. The van der Waals surface area contributed by atoms with Crippen molar-refractivity contribution < 1.29 is 34.1 Å². The minimum Gasteiger partial charge on any atom is -0.510 e. The van der Waals surface area contributed by atoms with Crippen LogP contribution >= 0.6 is 0 Å². The molecule has 1 aromatic rings. The first-order chi connectivity index (χ1) is 17.1. The summed E-state index contributed by atoms with van der Waals surface area (Å²) >= 11 is 0. The summed E-state index contributed by atoms with van der Waals surface area (Å²) in [6.07, 6.45) is 1.84. The highest BCUT2D eigenvalue weighted by atomic mass is 19.1. The van der Waals surface area contributed by atoms with E-state index in [0.29, 0.717) is 12.1 Å². The molecule has 5 atom stereocenters. The van der Waals surface area contributed by atoms with Crippen molar-refractivity contribution in [1.82, 2.24) is 10.2 Å². The number of hydrogen-bond donors (Lipinski definition) is 5. The van der Waals surface area contributed by atoms with Gasteiger partial charge in [-0.2, -0.15) is 0 Å². The maximum atomic E-state index is 15.7. The van der Waals surface area contributed by atoms with Gasteiger partial charge in [-0.05, 0) is 63.7 Å². The SMILES string of the molecule is CCN(C)[C@@H]1C(O)=C(C(N)=O)C(=O)[C@H]2C(=O)C3=C(O)c4c(O)cc(C5CCCN5)c(F)c4C[C@H]3C[C@H]21. The van der Waals surface area contributed by atoms with Crippen molar-refractivity contribution in [3.05, 3.63) is 45.5 Å². The van der Waals surface area contributed by atoms with Crippen molar-refractivity contribution in [2.24, 2.45) is 23.5 Å². The molecule has 1 amide bonds. The number of nitrogens with two attached hydrogens (primary N) is 1. The Labute approximate surface area is 207 Å². The number of aliphatic hydroxyl groups excluding tert-OH is 2. The van der Waals surface area contributed by atoms with Crippen LogP contribution in [0.25, 0.3) is 5.76 Å². The molecule has 10 heteroatoms. The number of likely N-dealkylation sites (N-methyl/N-ethyl adjacent to an activating group) is 1. The molecule has 1 aliphatic heterocycles. The summed E-state index contributed by atoms with van der Waals surface area (Å²) in [5, 5.41) is 36.0. The molecule has 0 aromatic heterocycles. The number of nitrogens with one attached hydrogen (secondary N) is 1.